The number of nitro groups is 1. The lowest BCUT2D eigenvalue weighted by atomic mass is 10.3. The largest absolute Gasteiger partial charge is 0.490 e. The van der Waals surface area contributed by atoms with Crippen LogP contribution in [0.1, 0.15) is 13.3 Å². The van der Waals surface area contributed by atoms with Gasteiger partial charge >= 0.3 is 5.97 Å². The van der Waals surface area contributed by atoms with Crippen LogP contribution in [0.4, 0.5) is 5.69 Å². The van der Waals surface area contributed by atoms with Gasteiger partial charge in [-0.3, -0.25) is 10.1 Å². The standard InChI is InChI=1S/C13H16BrNO6/c1-2-19-13(16)9-21-12-8-10(15(17)18)4-5-11(12)20-7-3-6-14/h4-5,8H,2-3,6-7,9H2,1H3. The van der Waals surface area contributed by atoms with E-state index in [-0.39, 0.29) is 24.7 Å². The fourth-order valence-electron chi connectivity index (χ4n) is 1.42. The van der Waals surface area contributed by atoms with E-state index in [9.17, 15) is 14.9 Å². The predicted molar refractivity (Wildman–Crippen MR) is 79.1 cm³/mol. The second-order valence-corrected chi connectivity index (χ2v) is 4.67. The van der Waals surface area contributed by atoms with Crippen molar-refractivity contribution in [1.29, 1.82) is 0 Å². The maximum Gasteiger partial charge on any atom is 0.344 e. The van der Waals surface area contributed by atoms with Gasteiger partial charge in [0.15, 0.2) is 18.1 Å². The van der Waals surface area contributed by atoms with Crippen LogP contribution in [0.2, 0.25) is 0 Å². The van der Waals surface area contributed by atoms with Gasteiger partial charge < -0.3 is 14.2 Å². The van der Waals surface area contributed by atoms with Crippen molar-refractivity contribution in [3.8, 4) is 11.5 Å². The second kappa shape index (κ2) is 9.17. The summed E-state index contributed by atoms with van der Waals surface area (Å²) in [5.74, 6) is -0.0481. The zero-order valence-electron chi connectivity index (χ0n) is 11.5. The molecule has 1 aromatic carbocycles. The Hall–Kier alpha value is -1.83. The van der Waals surface area contributed by atoms with Crippen LogP contribution in [-0.2, 0) is 9.53 Å². The molecule has 1 rings (SSSR count). The number of nitro benzene ring substituents is 1. The molecule has 0 aromatic heterocycles. The van der Waals surface area contributed by atoms with Crippen LogP contribution in [0.5, 0.6) is 11.5 Å². The minimum atomic E-state index is -0.546. The van der Waals surface area contributed by atoms with E-state index in [4.69, 9.17) is 14.2 Å². The summed E-state index contributed by atoms with van der Waals surface area (Å²) in [7, 11) is 0. The molecule has 0 aliphatic heterocycles. The number of carbonyl (C=O) groups excluding carboxylic acids is 1. The van der Waals surface area contributed by atoms with Gasteiger partial charge in [-0.15, -0.1) is 0 Å². The van der Waals surface area contributed by atoms with Crippen molar-refractivity contribution in [2.24, 2.45) is 0 Å². The van der Waals surface area contributed by atoms with Gasteiger partial charge in [0.25, 0.3) is 5.69 Å². The highest BCUT2D eigenvalue weighted by molar-refractivity contribution is 9.09. The smallest absolute Gasteiger partial charge is 0.344 e. The number of hydrogen-bond donors (Lipinski definition) is 0. The van der Waals surface area contributed by atoms with E-state index < -0.39 is 10.9 Å². The minimum Gasteiger partial charge on any atom is -0.490 e. The number of carbonyl (C=O) groups is 1. The van der Waals surface area contributed by atoms with E-state index in [2.05, 4.69) is 15.9 Å². The Bertz CT molecular complexity index is 494. The molecule has 0 spiro atoms. The van der Waals surface area contributed by atoms with E-state index in [0.29, 0.717) is 12.4 Å². The Morgan fingerprint density at radius 3 is 2.71 bits per heavy atom. The molecule has 0 aliphatic carbocycles. The highest BCUT2D eigenvalue weighted by Gasteiger charge is 2.14. The summed E-state index contributed by atoms with van der Waals surface area (Å²) < 4.78 is 15.5. The number of esters is 1. The van der Waals surface area contributed by atoms with E-state index in [1.807, 2.05) is 0 Å². The molecular weight excluding hydrogens is 346 g/mol. The molecule has 116 valence electrons. The fraction of sp³-hybridized carbons (Fsp3) is 0.462. The Morgan fingerprint density at radius 2 is 2.10 bits per heavy atom. The first kappa shape index (κ1) is 17.2. The third-order valence-corrected chi connectivity index (χ3v) is 2.89. The van der Waals surface area contributed by atoms with Crippen LogP contribution in [-0.4, -0.2) is 36.0 Å². The number of halogens is 1. The monoisotopic (exact) mass is 361 g/mol. The number of hydrogen-bond acceptors (Lipinski definition) is 6. The number of nitrogens with zero attached hydrogens (tertiary/aromatic N) is 1. The Morgan fingerprint density at radius 1 is 1.33 bits per heavy atom. The normalized spacial score (nSPS) is 10.0. The van der Waals surface area contributed by atoms with Crippen LogP contribution in [0, 0.1) is 10.1 Å². The van der Waals surface area contributed by atoms with Crippen molar-refractivity contribution in [2.45, 2.75) is 13.3 Å². The van der Waals surface area contributed by atoms with Crippen molar-refractivity contribution in [2.75, 3.05) is 25.2 Å². The van der Waals surface area contributed by atoms with Crippen LogP contribution in [0.15, 0.2) is 18.2 Å². The van der Waals surface area contributed by atoms with E-state index in [1.165, 1.54) is 18.2 Å². The molecule has 0 saturated heterocycles. The summed E-state index contributed by atoms with van der Waals surface area (Å²) in [6.45, 7) is 2.02. The van der Waals surface area contributed by atoms with Gasteiger partial charge in [0.1, 0.15) is 0 Å². The molecule has 0 aliphatic rings. The lowest BCUT2D eigenvalue weighted by Gasteiger charge is -2.12. The number of non-ortho nitro benzene ring substituents is 1. The average molecular weight is 362 g/mol. The van der Waals surface area contributed by atoms with Crippen molar-refractivity contribution < 1.29 is 23.9 Å². The van der Waals surface area contributed by atoms with Gasteiger partial charge in [-0.1, -0.05) is 15.9 Å². The summed E-state index contributed by atoms with van der Waals surface area (Å²) in [6.07, 6.45) is 0.772. The molecule has 0 atom stereocenters. The zero-order valence-corrected chi connectivity index (χ0v) is 13.1. The number of benzene rings is 1. The molecule has 0 radical (unpaired) electrons. The highest BCUT2D eigenvalue weighted by Crippen LogP contribution is 2.31. The van der Waals surface area contributed by atoms with Gasteiger partial charge in [0.2, 0.25) is 0 Å². The number of alkyl halides is 1. The van der Waals surface area contributed by atoms with Gasteiger partial charge in [0, 0.05) is 11.4 Å². The van der Waals surface area contributed by atoms with Crippen LogP contribution in [0.3, 0.4) is 0 Å². The van der Waals surface area contributed by atoms with Crippen molar-refractivity contribution in [3.63, 3.8) is 0 Å². The average Bonchev–Trinajstić information content (AvgIpc) is 2.46. The van der Waals surface area contributed by atoms with E-state index in [1.54, 1.807) is 6.92 Å². The number of ether oxygens (including phenoxy) is 3. The molecule has 21 heavy (non-hydrogen) atoms. The van der Waals surface area contributed by atoms with Gasteiger partial charge in [0.05, 0.1) is 24.2 Å². The summed E-state index contributed by atoms with van der Waals surface area (Å²) in [4.78, 5) is 21.5. The first-order chi connectivity index (χ1) is 10.1. The lowest BCUT2D eigenvalue weighted by molar-refractivity contribution is -0.385. The Balaban J connectivity index is 2.81. The van der Waals surface area contributed by atoms with Crippen LogP contribution >= 0.6 is 15.9 Å². The second-order valence-electron chi connectivity index (χ2n) is 3.87. The highest BCUT2D eigenvalue weighted by atomic mass is 79.9. The van der Waals surface area contributed by atoms with Crippen molar-refractivity contribution >= 4 is 27.6 Å². The fourth-order valence-corrected chi connectivity index (χ4v) is 1.65. The van der Waals surface area contributed by atoms with Gasteiger partial charge in [-0.2, -0.15) is 0 Å². The molecule has 1 aromatic rings. The molecule has 0 N–H and O–H groups in total. The molecule has 0 amide bonds. The molecule has 0 bridgehead atoms. The first-order valence-corrected chi connectivity index (χ1v) is 7.46. The zero-order chi connectivity index (χ0) is 15.7. The van der Waals surface area contributed by atoms with E-state index in [0.717, 1.165) is 11.8 Å². The SMILES string of the molecule is CCOC(=O)COc1cc([N+](=O)[O-])ccc1OCCCBr. The van der Waals surface area contributed by atoms with Crippen LogP contribution in [0.25, 0.3) is 0 Å². The molecule has 7 nitrogen and oxygen atoms in total. The minimum absolute atomic E-state index is 0.137. The van der Waals surface area contributed by atoms with E-state index >= 15 is 0 Å². The molecule has 0 saturated carbocycles. The Labute approximate surface area is 130 Å². The van der Waals surface area contributed by atoms with Gasteiger partial charge in [-0.05, 0) is 19.4 Å². The summed E-state index contributed by atoms with van der Waals surface area (Å²) in [5, 5.41) is 11.6. The maximum atomic E-state index is 11.3. The van der Waals surface area contributed by atoms with Gasteiger partial charge in [-0.25, -0.2) is 4.79 Å². The molecule has 0 heterocycles. The molecule has 0 fully saturated rings. The maximum absolute atomic E-state index is 11.3. The topological polar surface area (TPSA) is 87.9 Å². The predicted octanol–water partition coefficient (Wildman–Crippen LogP) is 2.70. The molecular formula is C13H16BrNO6. The summed E-state index contributed by atoms with van der Waals surface area (Å²) in [5.41, 5.74) is -0.137. The van der Waals surface area contributed by atoms with Crippen LogP contribution < -0.4 is 9.47 Å². The lowest BCUT2D eigenvalue weighted by Crippen LogP contribution is -2.15. The molecule has 8 heteroatoms. The quantitative estimate of drug-likeness (QED) is 0.221. The first-order valence-electron chi connectivity index (χ1n) is 6.34. The molecule has 0 unspecified atom stereocenters. The third kappa shape index (κ3) is 5.99. The third-order valence-electron chi connectivity index (χ3n) is 2.32. The summed E-state index contributed by atoms with van der Waals surface area (Å²) >= 11 is 3.28. The van der Waals surface area contributed by atoms with Crippen molar-refractivity contribution in [1.82, 2.24) is 0 Å². The number of rotatable bonds is 9. The Kier molecular flexibility index (Phi) is 7.52. The summed E-state index contributed by atoms with van der Waals surface area (Å²) in [6, 6.07) is 4.00. The van der Waals surface area contributed by atoms with Crippen molar-refractivity contribution in [3.05, 3.63) is 28.3 Å².